The molecular formula is C23H16F3NO3. The van der Waals surface area contributed by atoms with Crippen LogP contribution in [0.1, 0.15) is 27.4 Å². The van der Waals surface area contributed by atoms with Gasteiger partial charge in [-0.15, -0.1) is 0 Å². The number of rotatable bonds is 4. The first-order valence-electron chi connectivity index (χ1n) is 9.14. The Morgan fingerprint density at radius 2 is 1.40 bits per heavy atom. The summed E-state index contributed by atoms with van der Waals surface area (Å²) in [7, 11) is 1.16. The van der Waals surface area contributed by atoms with Gasteiger partial charge in [0.15, 0.2) is 0 Å². The highest BCUT2D eigenvalue weighted by Crippen LogP contribution is 2.46. The van der Waals surface area contributed by atoms with Crippen LogP contribution in [-0.2, 0) is 9.53 Å². The van der Waals surface area contributed by atoms with Crippen LogP contribution in [0.2, 0.25) is 0 Å². The first kappa shape index (κ1) is 19.7. The molecule has 4 nitrogen and oxygen atoms in total. The zero-order chi connectivity index (χ0) is 21.4. The van der Waals surface area contributed by atoms with Gasteiger partial charge in [0.1, 0.15) is 29.1 Å². The van der Waals surface area contributed by atoms with Crippen molar-refractivity contribution in [2.45, 2.75) is 12.0 Å². The van der Waals surface area contributed by atoms with Gasteiger partial charge in [0.25, 0.3) is 5.91 Å². The molecule has 0 saturated carbocycles. The number of hydrogen-bond donors (Lipinski definition) is 1. The smallest absolute Gasteiger partial charge is 0.329 e. The van der Waals surface area contributed by atoms with Crippen LogP contribution >= 0.6 is 0 Å². The summed E-state index contributed by atoms with van der Waals surface area (Å²) in [6.45, 7) is 0. The quantitative estimate of drug-likeness (QED) is 0.655. The molecule has 1 aliphatic rings. The molecule has 0 fully saturated rings. The number of carbonyl (C=O) groups is 2. The number of benzene rings is 3. The maximum Gasteiger partial charge on any atom is 0.329 e. The summed E-state index contributed by atoms with van der Waals surface area (Å²) >= 11 is 0. The van der Waals surface area contributed by atoms with Crippen LogP contribution in [0, 0.1) is 17.5 Å². The van der Waals surface area contributed by atoms with Crippen molar-refractivity contribution >= 4 is 11.9 Å². The number of halogens is 3. The highest BCUT2D eigenvalue weighted by Gasteiger charge is 2.40. The van der Waals surface area contributed by atoms with Crippen LogP contribution in [0.5, 0.6) is 0 Å². The summed E-state index contributed by atoms with van der Waals surface area (Å²) in [5.74, 6) is -6.45. The lowest BCUT2D eigenvalue weighted by atomic mass is 9.89. The van der Waals surface area contributed by atoms with Crippen molar-refractivity contribution in [3.63, 3.8) is 0 Å². The zero-order valence-electron chi connectivity index (χ0n) is 15.8. The molecule has 0 radical (unpaired) electrons. The normalized spacial score (nSPS) is 13.3. The van der Waals surface area contributed by atoms with E-state index in [-0.39, 0.29) is 0 Å². The maximum atomic E-state index is 14.1. The topological polar surface area (TPSA) is 55.4 Å². The van der Waals surface area contributed by atoms with E-state index in [2.05, 4.69) is 5.32 Å². The fourth-order valence-corrected chi connectivity index (χ4v) is 3.93. The molecule has 0 aliphatic heterocycles. The second-order valence-corrected chi connectivity index (χ2v) is 6.87. The van der Waals surface area contributed by atoms with Gasteiger partial charge < -0.3 is 10.1 Å². The predicted molar refractivity (Wildman–Crippen MR) is 103 cm³/mol. The third-order valence-electron chi connectivity index (χ3n) is 5.19. The number of esters is 1. The molecule has 0 spiro atoms. The Bertz CT molecular complexity index is 1090. The Hall–Kier alpha value is -3.61. The maximum absolute atomic E-state index is 14.1. The molecule has 0 unspecified atom stereocenters. The lowest BCUT2D eigenvalue weighted by Gasteiger charge is -2.24. The Morgan fingerprint density at radius 1 is 0.900 bits per heavy atom. The van der Waals surface area contributed by atoms with Gasteiger partial charge in [0, 0.05) is 18.1 Å². The summed E-state index contributed by atoms with van der Waals surface area (Å²) in [6, 6.07) is 14.3. The van der Waals surface area contributed by atoms with E-state index in [9.17, 15) is 22.8 Å². The summed E-state index contributed by atoms with van der Waals surface area (Å²) < 4.78 is 46.3. The standard InChI is InChI=1S/C23H16F3NO3/c1-30-23(29)21(27-22(28)20-17(25)10-12(24)11-18(20)26)19-15-8-4-2-6-13(15)14-7-3-5-9-16(14)19/h2-11,19,21H,1H3,(H,27,28)/t21-/m1/s1. The van der Waals surface area contributed by atoms with Crippen LogP contribution in [0.15, 0.2) is 60.7 Å². The Morgan fingerprint density at radius 3 is 1.90 bits per heavy atom. The number of carbonyl (C=O) groups excluding carboxylic acids is 2. The molecular weight excluding hydrogens is 395 g/mol. The molecule has 7 heteroatoms. The van der Waals surface area contributed by atoms with Crippen molar-refractivity contribution in [1.29, 1.82) is 0 Å². The average molecular weight is 411 g/mol. The number of amides is 1. The lowest BCUT2D eigenvalue weighted by Crippen LogP contribution is -2.46. The van der Waals surface area contributed by atoms with Crippen LogP contribution in [0.4, 0.5) is 13.2 Å². The summed E-state index contributed by atoms with van der Waals surface area (Å²) in [6.07, 6.45) is 0. The molecule has 0 bridgehead atoms. The van der Waals surface area contributed by atoms with Crippen molar-refractivity contribution in [2.75, 3.05) is 7.11 Å². The largest absolute Gasteiger partial charge is 0.467 e. The number of fused-ring (bicyclic) bond motifs is 3. The van der Waals surface area contributed by atoms with Gasteiger partial charge in [-0.25, -0.2) is 18.0 Å². The predicted octanol–water partition coefficient (Wildman–Crippen LogP) is 4.19. The zero-order valence-corrected chi connectivity index (χ0v) is 15.8. The third-order valence-corrected chi connectivity index (χ3v) is 5.19. The van der Waals surface area contributed by atoms with Gasteiger partial charge in [-0.3, -0.25) is 4.79 Å². The monoisotopic (exact) mass is 411 g/mol. The number of ether oxygens (including phenoxy) is 1. The molecule has 152 valence electrons. The van der Waals surface area contributed by atoms with E-state index in [0.29, 0.717) is 12.1 Å². The summed E-state index contributed by atoms with van der Waals surface area (Å²) in [5, 5.41) is 2.39. The molecule has 1 aliphatic carbocycles. The minimum atomic E-state index is -1.36. The van der Waals surface area contributed by atoms with Gasteiger partial charge in [0.2, 0.25) is 0 Å². The Kier molecular flexibility index (Phi) is 5.03. The molecule has 1 amide bonds. The van der Waals surface area contributed by atoms with Gasteiger partial charge in [-0.05, 0) is 22.3 Å². The second-order valence-electron chi connectivity index (χ2n) is 6.87. The van der Waals surface area contributed by atoms with Crippen LogP contribution in [0.3, 0.4) is 0 Å². The minimum Gasteiger partial charge on any atom is -0.467 e. The Balaban J connectivity index is 1.78. The van der Waals surface area contributed by atoms with Gasteiger partial charge in [-0.1, -0.05) is 48.5 Å². The molecule has 3 aromatic carbocycles. The first-order chi connectivity index (χ1) is 14.4. The first-order valence-corrected chi connectivity index (χ1v) is 9.14. The lowest BCUT2D eigenvalue weighted by molar-refractivity contribution is -0.143. The molecule has 4 rings (SSSR count). The molecule has 30 heavy (non-hydrogen) atoms. The van der Waals surface area contributed by atoms with E-state index in [1.807, 2.05) is 36.4 Å². The second kappa shape index (κ2) is 7.67. The van der Waals surface area contributed by atoms with E-state index < -0.39 is 46.9 Å². The molecule has 1 N–H and O–H groups in total. The molecule has 1 atom stereocenters. The van der Waals surface area contributed by atoms with E-state index in [1.165, 1.54) is 0 Å². The molecule has 0 saturated heterocycles. The number of hydrogen-bond acceptors (Lipinski definition) is 3. The fourth-order valence-electron chi connectivity index (χ4n) is 3.93. The van der Waals surface area contributed by atoms with E-state index in [4.69, 9.17) is 4.74 Å². The van der Waals surface area contributed by atoms with E-state index >= 15 is 0 Å². The summed E-state index contributed by atoms with van der Waals surface area (Å²) in [4.78, 5) is 25.3. The van der Waals surface area contributed by atoms with Gasteiger partial charge in [-0.2, -0.15) is 0 Å². The molecule has 0 heterocycles. The fraction of sp³-hybridized carbons (Fsp3) is 0.130. The summed E-state index contributed by atoms with van der Waals surface area (Å²) in [5.41, 5.74) is 2.36. The highest BCUT2D eigenvalue weighted by molar-refractivity contribution is 5.98. The van der Waals surface area contributed by atoms with Crippen LogP contribution < -0.4 is 5.32 Å². The van der Waals surface area contributed by atoms with Crippen molar-refractivity contribution in [3.05, 3.63) is 94.8 Å². The van der Waals surface area contributed by atoms with Crippen molar-refractivity contribution in [2.24, 2.45) is 0 Å². The van der Waals surface area contributed by atoms with E-state index in [0.717, 1.165) is 29.4 Å². The number of methoxy groups -OCH3 is 1. The van der Waals surface area contributed by atoms with Crippen molar-refractivity contribution < 1.29 is 27.5 Å². The SMILES string of the molecule is COC(=O)[C@H](NC(=O)c1c(F)cc(F)cc1F)C1c2ccccc2-c2ccccc21. The van der Waals surface area contributed by atoms with E-state index in [1.54, 1.807) is 12.1 Å². The number of nitrogens with one attached hydrogen (secondary N) is 1. The molecule has 3 aromatic rings. The van der Waals surface area contributed by atoms with Crippen molar-refractivity contribution in [3.8, 4) is 11.1 Å². The average Bonchev–Trinajstić information content (AvgIpc) is 3.05. The highest BCUT2D eigenvalue weighted by atomic mass is 19.1. The minimum absolute atomic E-state index is 0.408. The third kappa shape index (κ3) is 3.22. The van der Waals surface area contributed by atoms with Crippen LogP contribution in [-0.4, -0.2) is 25.0 Å². The van der Waals surface area contributed by atoms with Crippen molar-refractivity contribution in [1.82, 2.24) is 5.32 Å². The molecule has 0 aromatic heterocycles. The Labute approximate surface area is 170 Å². The van der Waals surface area contributed by atoms with Crippen LogP contribution in [0.25, 0.3) is 11.1 Å². The van der Waals surface area contributed by atoms with Gasteiger partial charge >= 0.3 is 5.97 Å². The van der Waals surface area contributed by atoms with Gasteiger partial charge in [0.05, 0.1) is 7.11 Å².